The number of hydrogen-bond donors (Lipinski definition) is 2. The number of carboxylic acids is 1. The maximum absolute atomic E-state index is 11.1. The number of aliphatic carboxylic acids is 1. The summed E-state index contributed by atoms with van der Waals surface area (Å²) >= 11 is 0. The molecule has 1 aliphatic rings. The van der Waals surface area contributed by atoms with E-state index in [1.165, 1.54) is 0 Å². The van der Waals surface area contributed by atoms with Crippen LogP contribution < -0.4 is 0 Å². The Kier molecular flexibility index (Phi) is 3.07. The van der Waals surface area contributed by atoms with E-state index >= 15 is 0 Å². The molecule has 1 heterocycles. The second-order valence-electron chi connectivity index (χ2n) is 5.00. The molecule has 0 aromatic heterocycles. The van der Waals surface area contributed by atoms with Gasteiger partial charge in [-0.2, -0.15) is 0 Å². The molecule has 4 nitrogen and oxygen atoms in total. The monoisotopic (exact) mass is 235 g/mol. The highest BCUT2D eigenvalue weighted by molar-refractivity contribution is 5.74. The van der Waals surface area contributed by atoms with Crippen LogP contribution in [0, 0.1) is 5.41 Å². The van der Waals surface area contributed by atoms with Gasteiger partial charge in [0.15, 0.2) is 0 Å². The van der Waals surface area contributed by atoms with E-state index in [4.69, 9.17) is 5.11 Å². The number of carbonyl (C=O) groups is 1. The Morgan fingerprint density at radius 2 is 2.29 bits per heavy atom. The first-order valence-corrected chi connectivity index (χ1v) is 5.73. The van der Waals surface area contributed by atoms with E-state index in [1.54, 1.807) is 25.1 Å². The molecule has 0 amide bonds. The fourth-order valence-electron chi connectivity index (χ4n) is 2.28. The molecule has 0 spiro atoms. The topological polar surface area (TPSA) is 60.8 Å². The third-order valence-corrected chi connectivity index (χ3v) is 3.39. The first-order chi connectivity index (χ1) is 7.99. The van der Waals surface area contributed by atoms with E-state index < -0.39 is 11.4 Å². The van der Waals surface area contributed by atoms with Crippen LogP contribution in [0.15, 0.2) is 24.3 Å². The lowest BCUT2D eigenvalue weighted by Gasteiger charge is -2.20. The summed E-state index contributed by atoms with van der Waals surface area (Å²) in [5.74, 6) is -0.474. The molecule has 2 rings (SSSR count). The first-order valence-electron chi connectivity index (χ1n) is 5.73. The minimum Gasteiger partial charge on any atom is -0.508 e. The standard InChI is InChI=1S/C13H17NO3/c1-13(12(16)17)5-6-14(9-13)8-10-3-2-4-11(15)7-10/h2-4,7,15H,5-6,8-9H2,1H3,(H,16,17). The van der Waals surface area contributed by atoms with Crippen molar-refractivity contribution in [1.29, 1.82) is 0 Å². The molecular weight excluding hydrogens is 218 g/mol. The van der Waals surface area contributed by atoms with Crippen LogP contribution >= 0.6 is 0 Å². The highest BCUT2D eigenvalue weighted by atomic mass is 16.4. The number of aromatic hydroxyl groups is 1. The Labute approximate surface area is 100 Å². The van der Waals surface area contributed by atoms with Gasteiger partial charge in [0, 0.05) is 13.1 Å². The van der Waals surface area contributed by atoms with E-state index in [-0.39, 0.29) is 5.75 Å². The molecule has 1 aromatic rings. The third kappa shape index (κ3) is 2.58. The molecule has 1 unspecified atom stereocenters. The van der Waals surface area contributed by atoms with Gasteiger partial charge in [0.2, 0.25) is 0 Å². The van der Waals surface area contributed by atoms with Crippen molar-refractivity contribution >= 4 is 5.97 Å². The zero-order chi connectivity index (χ0) is 12.5. The lowest BCUT2D eigenvalue weighted by molar-refractivity contribution is -0.147. The second kappa shape index (κ2) is 4.37. The van der Waals surface area contributed by atoms with E-state index in [0.29, 0.717) is 19.5 Å². The number of benzene rings is 1. The van der Waals surface area contributed by atoms with E-state index in [2.05, 4.69) is 4.90 Å². The largest absolute Gasteiger partial charge is 0.508 e. The molecule has 0 saturated carbocycles. The Morgan fingerprint density at radius 3 is 2.88 bits per heavy atom. The molecule has 2 N–H and O–H groups in total. The lowest BCUT2D eigenvalue weighted by Crippen LogP contribution is -2.31. The zero-order valence-electron chi connectivity index (χ0n) is 9.89. The summed E-state index contributed by atoms with van der Waals surface area (Å²) in [7, 11) is 0. The van der Waals surface area contributed by atoms with Crippen LogP contribution in [-0.4, -0.2) is 34.2 Å². The summed E-state index contributed by atoms with van der Waals surface area (Å²) < 4.78 is 0. The number of phenols is 1. The molecule has 0 bridgehead atoms. The fraction of sp³-hybridized carbons (Fsp3) is 0.462. The predicted octanol–water partition coefficient (Wildman–Crippen LogP) is 1.69. The normalized spacial score (nSPS) is 25.0. The second-order valence-corrected chi connectivity index (χ2v) is 5.00. The Hall–Kier alpha value is -1.55. The van der Waals surface area contributed by atoms with Gasteiger partial charge in [0.1, 0.15) is 5.75 Å². The van der Waals surface area contributed by atoms with Gasteiger partial charge in [-0.3, -0.25) is 9.69 Å². The van der Waals surface area contributed by atoms with E-state index in [9.17, 15) is 9.90 Å². The van der Waals surface area contributed by atoms with Gasteiger partial charge in [-0.1, -0.05) is 12.1 Å². The molecule has 0 aliphatic carbocycles. The van der Waals surface area contributed by atoms with Crippen molar-refractivity contribution in [2.45, 2.75) is 19.9 Å². The van der Waals surface area contributed by atoms with Crippen LogP contribution in [0.3, 0.4) is 0 Å². The van der Waals surface area contributed by atoms with Crippen LogP contribution in [0.2, 0.25) is 0 Å². The average Bonchev–Trinajstić information content (AvgIpc) is 2.61. The molecule has 0 radical (unpaired) electrons. The molecule has 1 aliphatic heterocycles. The quantitative estimate of drug-likeness (QED) is 0.837. The van der Waals surface area contributed by atoms with Crippen molar-refractivity contribution in [3.63, 3.8) is 0 Å². The summed E-state index contributed by atoms with van der Waals surface area (Å²) in [6.07, 6.45) is 0.682. The van der Waals surface area contributed by atoms with Gasteiger partial charge in [0.25, 0.3) is 0 Å². The third-order valence-electron chi connectivity index (χ3n) is 3.39. The molecule has 1 fully saturated rings. The smallest absolute Gasteiger partial charge is 0.310 e. The zero-order valence-corrected chi connectivity index (χ0v) is 9.89. The molecule has 92 valence electrons. The van der Waals surface area contributed by atoms with E-state index in [0.717, 1.165) is 12.1 Å². The highest BCUT2D eigenvalue weighted by Gasteiger charge is 2.40. The van der Waals surface area contributed by atoms with Gasteiger partial charge in [-0.25, -0.2) is 0 Å². The highest BCUT2D eigenvalue weighted by Crippen LogP contribution is 2.31. The van der Waals surface area contributed by atoms with Crippen molar-refractivity contribution in [2.24, 2.45) is 5.41 Å². The average molecular weight is 235 g/mol. The molecule has 17 heavy (non-hydrogen) atoms. The Balaban J connectivity index is 2.01. The van der Waals surface area contributed by atoms with Gasteiger partial charge < -0.3 is 10.2 Å². The maximum atomic E-state index is 11.1. The minimum atomic E-state index is -0.726. The number of hydrogen-bond acceptors (Lipinski definition) is 3. The van der Waals surface area contributed by atoms with Crippen molar-refractivity contribution < 1.29 is 15.0 Å². The summed E-state index contributed by atoms with van der Waals surface area (Å²) in [6, 6.07) is 7.10. The molecule has 1 saturated heterocycles. The summed E-state index contributed by atoms with van der Waals surface area (Å²) in [5.41, 5.74) is 0.385. The van der Waals surface area contributed by atoms with Crippen LogP contribution in [0.5, 0.6) is 5.75 Å². The summed E-state index contributed by atoms with van der Waals surface area (Å²) in [6.45, 7) is 3.84. The van der Waals surface area contributed by atoms with Gasteiger partial charge in [-0.15, -0.1) is 0 Å². The van der Waals surface area contributed by atoms with Crippen molar-refractivity contribution in [2.75, 3.05) is 13.1 Å². The summed E-state index contributed by atoms with van der Waals surface area (Å²) in [5, 5.41) is 18.5. The van der Waals surface area contributed by atoms with Crippen molar-refractivity contribution in [3.8, 4) is 5.75 Å². The van der Waals surface area contributed by atoms with Gasteiger partial charge in [0.05, 0.1) is 5.41 Å². The van der Waals surface area contributed by atoms with Crippen molar-refractivity contribution in [3.05, 3.63) is 29.8 Å². The lowest BCUT2D eigenvalue weighted by atomic mass is 9.90. The van der Waals surface area contributed by atoms with Gasteiger partial charge in [-0.05, 0) is 37.6 Å². The van der Waals surface area contributed by atoms with Crippen LogP contribution in [0.25, 0.3) is 0 Å². The van der Waals surface area contributed by atoms with Crippen molar-refractivity contribution in [1.82, 2.24) is 4.90 Å². The van der Waals surface area contributed by atoms with E-state index in [1.807, 2.05) is 6.07 Å². The van der Waals surface area contributed by atoms with Crippen LogP contribution in [0.1, 0.15) is 18.9 Å². The number of carboxylic acid groups (broad SMARTS) is 1. The molecular formula is C13H17NO3. The van der Waals surface area contributed by atoms with Gasteiger partial charge >= 0.3 is 5.97 Å². The van der Waals surface area contributed by atoms with Crippen LogP contribution in [-0.2, 0) is 11.3 Å². The molecule has 1 aromatic carbocycles. The summed E-state index contributed by atoms with van der Waals surface area (Å²) in [4.78, 5) is 13.2. The number of phenolic OH excluding ortho intramolecular Hbond substituents is 1. The Morgan fingerprint density at radius 1 is 1.53 bits per heavy atom. The number of nitrogens with zero attached hydrogens (tertiary/aromatic N) is 1. The number of likely N-dealkylation sites (tertiary alicyclic amines) is 1. The Bertz CT molecular complexity index is 432. The maximum Gasteiger partial charge on any atom is 0.310 e. The number of rotatable bonds is 3. The first kappa shape index (κ1) is 11.9. The molecule has 1 atom stereocenters. The molecule has 4 heteroatoms. The van der Waals surface area contributed by atoms with Crippen LogP contribution in [0.4, 0.5) is 0 Å². The SMILES string of the molecule is CC1(C(=O)O)CCN(Cc2cccc(O)c2)C1. The predicted molar refractivity (Wildman–Crippen MR) is 63.7 cm³/mol. The fourth-order valence-corrected chi connectivity index (χ4v) is 2.28. The minimum absolute atomic E-state index is 0.252.